The van der Waals surface area contributed by atoms with Gasteiger partial charge in [-0.1, -0.05) is 19.9 Å². The summed E-state index contributed by atoms with van der Waals surface area (Å²) in [6.07, 6.45) is 1.37. The van der Waals surface area contributed by atoms with Crippen LogP contribution in [0.1, 0.15) is 37.8 Å². The summed E-state index contributed by atoms with van der Waals surface area (Å²) in [5, 5.41) is 2.83. The molecule has 0 atom stereocenters. The van der Waals surface area contributed by atoms with E-state index in [0.29, 0.717) is 32.6 Å². The molecule has 8 heteroatoms. The van der Waals surface area contributed by atoms with E-state index in [1.165, 1.54) is 6.07 Å². The number of nitrogens with one attached hydrogen (secondary N) is 2. The van der Waals surface area contributed by atoms with E-state index in [-0.39, 0.29) is 11.4 Å². The molecule has 0 bridgehead atoms. The minimum absolute atomic E-state index is 0.135. The molecule has 0 unspecified atom stereocenters. The van der Waals surface area contributed by atoms with E-state index >= 15 is 0 Å². The van der Waals surface area contributed by atoms with Crippen LogP contribution in [0.5, 0.6) is 0 Å². The number of hydrogen-bond donors (Lipinski definition) is 3. The van der Waals surface area contributed by atoms with E-state index in [2.05, 4.69) is 10.0 Å². The fraction of sp³-hybridized carbons (Fsp3) is 0.562. The summed E-state index contributed by atoms with van der Waals surface area (Å²) in [6.45, 7) is 4.77. The van der Waals surface area contributed by atoms with Crippen LogP contribution in [0, 0.1) is 0 Å². The van der Waals surface area contributed by atoms with Crippen molar-refractivity contribution in [1.82, 2.24) is 10.0 Å². The Morgan fingerprint density at radius 3 is 2.54 bits per heavy atom. The van der Waals surface area contributed by atoms with Crippen molar-refractivity contribution in [3.05, 3.63) is 29.3 Å². The van der Waals surface area contributed by atoms with Crippen LogP contribution in [0.4, 0.5) is 0 Å². The zero-order valence-electron chi connectivity index (χ0n) is 14.1. The first kappa shape index (κ1) is 18.9. The molecule has 0 aromatic heterocycles. The highest BCUT2D eigenvalue weighted by Crippen LogP contribution is 2.22. The first-order valence-electron chi connectivity index (χ1n) is 8.06. The molecule has 4 N–H and O–H groups in total. The molecule has 0 radical (unpaired) electrons. The van der Waals surface area contributed by atoms with Gasteiger partial charge >= 0.3 is 0 Å². The summed E-state index contributed by atoms with van der Waals surface area (Å²) >= 11 is 0. The van der Waals surface area contributed by atoms with Crippen LogP contribution < -0.4 is 15.8 Å². The minimum Gasteiger partial charge on any atom is -0.372 e. The number of nitrogens with two attached hydrogens (primary N) is 1. The highest BCUT2D eigenvalue weighted by atomic mass is 32.2. The lowest BCUT2D eigenvalue weighted by atomic mass is 9.93. The third-order valence-electron chi connectivity index (χ3n) is 4.57. The number of carbonyl (C=O) groups excluding carboxylic acids is 1. The van der Waals surface area contributed by atoms with Crippen molar-refractivity contribution in [1.29, 1.82) is 0 Å². The van der Waals surface area contributed by atoms with Crippen molar-refractivity contribution in [3.63, 3.8) is 0 Å². The Balaban J connectivity index is 2.01. The lowest BCUT2D eigenvalue weighted by molar-refractivity contribution is -0.121. The zero-order chi connectivity index (χ0) is 17.8. The molecule has 0 saturated carbocycles. The van der Waals surface area contributed by atoms with Gasteiger partial charge in [-0.25, -0.2) is 13.1 Å². The quantitative estimate of drug-likeness (QED) is 0.633. The number of fused-ring (bicyclic) bond motifs is 1. The Kier molecular flexibility index (Phi) is 5.97. The number of ether oxygens (including phenoxy) is 1. The van der Waals surface area contributed by atoms with Crippen molar-refractivity contribution >= 4 is 15.9 Å². The maximum absolute atomic E-state index is 12.4. The van der Waals surface area contributed by atoms with E-state index in [1.807, 2.05) is 13.8 Å². The van der Waals surface area contributed by atoms with Gasteiger partial charge in [0, 0.05) is 6.54 Å². The van der Waals surface area contributed by atoms with Crippen LogP contribution in [0.2, 0.25) is 0 Å². The van der Waals surface area contributed by atoms with Crippen LogP contribution in [0.3, 0.4) is 0 Å². The second-order valence-corrected chi connectivity index (χ2v) is 7.75. The van der Waals surface area contributed by atoms with E-state index < -0.39 is 21.5 Å². The van der Waals surface area contributed by atoms with Crippen LogP contribution in [-0.2, 0) is 32.8 Å². The van der Waals surface area contributed by atoms with E-state index in [9.17, 15) is 13.2 Å². The summed E-state index contributed by atoms with van der Waals surface area (Å²) in [7, 11) is -3.75. The molecule has 134 valence electrons. The van der Waals surface area contributed by atoms with Crippen molar-refractivity contribution < 1.29 is 17.9 Å². The lowest BCUT2D eigenvalue weighted by Crippen LogP contribution is -2.55. The highest BCUT2D eigenvalue weighted by Gasteiger charge is 2.27. The van der Waals surface area contributed by atoms with Crippen molar-refractivity contribution in [2.45, 2.75) is 50.3 Å². The van der Waals surface area contributed by atoms with Crippen LogP contribution in [0.25, 0.3) is 0 Å². The Labute approximate surface area is 143 Å². The molecule has 7 nitrogen and oxygen atoms in total. The Hall–Kier alpha value is -1.48. The molecule has 1 aromatic carbocycles. The van der Waals surface area contributed by atoms with Crippen molar-refractivity contribution in [2.75, 3.05) is 13.1 Å². The van der Waals surface area contributed by atoms with Gasteiger partial charge in [-0.15, -0.1) is 0 Å². The molecule has 1 heterocycles. The minimum atomic E-state index is -3.75. The molecule has 1 amide bonds. The first-order valence-corrected chi connectivity index (χ1v) is 9.54. The number of sulfonamides is 1. The van der Waals surface area contributed by atoms with E-state index in [0.717, 1.165) is 11.1 Å². The lowest BCUT2D eigenvalue weighted by Gasteiger charge is -2.31. The number of carbonyl (C=O) groups is 1. The number of amides is 1. The number of rotatable bonds is 8. The maximum Gasteiger partial charge on any atom is 0.241 e. The topological polar surface area (TPSA) is 111 Å². The monoisotopic (exact) mass is 355 g/mol. The summed E-state index contributed by atoms with van der Waals surface area (Å²) in [6, 6.07) is 4.85. The third kappa shape index (κ3) is 4.13. The van der Waals surface area contributed by atoms with Gasteiger partial charge in [0.2, 0.25) is 15.9 Å². The Morgan fingerprint density at radius 2 is 1.92 bits per heavy atom. The van der Waals surface area contributed by atoms with Gasteiger partial charge in [-0.3, -0.25) is 4.79 Å². The summed E-state index contributed by atoms with van der Waals surface area (Å²) < 4.78 is 32.3. The predicted octanol–water partition coefficient (Wildman–Crippen LogP) is 0.629. The molecule has 1 aromatic rings. The first-order chi connectivity index (χ1) is 11.4. The van der Waals surface area contributed by atoms with Crippen molar-refractivity contribution in [3.8, 4) is 0 Å². The fourth-order valence-electron chi connectivity index (χ4n) is 2.67. The second kappa shape index (κ2) is 7.60. The largest absolute Gasteiger partial charge is 0.372 e. The Bertz CT molecular complexity index is 691. The molecule has 2 rings (SSSR count). The maximum atomic E-state index is 12.4. The van der Waals surface area contributed by atoms with E-state index in [1.54, 1.807) is 12.1 Å². The molecule has 0 saturated heterocycles. The number of hydrogen-bond acceptors (Lipinski definition) is 5. The van der Waals surface area contributed by atoms with E-state index in [4.69, 9.17) is 10.5 Å². The molecule has 0 spiro atoms. The average molecular weight is 355 g/mol. The SMILES string of the molecule is CCC(CC)(CN)NC(=O)CNS(=O)(=O)c1ccc2c(c1)COC2. The third-order valence-corrected chi connectivity index (χ3v) is 5.97. The summed E-state index contributed by atoms with van der Waals surface area (Å²) in [5.74, 6) is -0.391. The zero-order valence-corrected chi connectivity index (χ0v) is 14.9. The normalized spacial score (nSPS) is 14.5. The van der Waals surface area contributed by atoms with Gasteiger partial charge < -0.3 is 15.8 Å². The highest BCUT2D eigenvalue weighted by molar-refractivity contribution is 7.89. The molecular weight excluding hydrogens is 330 g/mol. The van der Waals surface area contributed by atoms with Gasteiger partial charge in [0.25, 0.3) is 0 Å². The number of benzene rings is 1. The molecule has 1 aliphatic rings. The molecule has 0 fully saturated rings. The predicted molar refractivity (Wildman–Crippen MR) is 90.6 cm³/mol. The van der Waals surface area contributed by atoms with Gasteiger partial charge in [0.1, 0.15) is 0 Å². The standard InChI is InChI=1S/C16H25N3O4S/c1-3-16(4-2,11-17)19-15(20)8-18-24(21,22)14-6-5-12-9-23-10-13(12)7-14/h5-7,18H,3-4,8-11,17H2,1-2H3,(H,19,20). The average Bonchev–Trinajstić information content (AvgIpc) is 3.06. The molecule has 24 heavy (non-hydrogen) atoms. The van der Waals surface area contributed by atoms with Crippen LogP contribution in [-0.4, -0.2) is 33.0 Å². The van der Waals surface area contributed by atoms with Gasteiger partial charge in [0.15, 0.2) is 0 Å². The molecule has 0 aliphatic carbocycles. The Morgan fingerprint density at radius 1 is 1.25 bits per heavy atom. The van der Waals surface area contributed by atoms with Gasteiger partial charge in [-0.2, -0.15) is 0 Å². The summed E-state index contributed by atoms with van der Waals surface area (Å²) in [5.41, 5.74) is 7.10. The second-order valence-electron chi connectivity index (χ2n) is 5.99. The fourth-order valence-corrected chi connectivity index (χ4v) is 3.70. The van der Waals surface area contributed by atoms with Gasteiger partial charge in [0.05, 0.1) is 30.2 Å². The van der Waals surface area contributed by atoms with Gasteiger partial charge in [-0.05, 0) is 36.1 Å². The van der Waals surface area contributed by atoms with Crippen LogP contribution in [0.15, 0.2) is 23.1 Å². The smallest absolute Gasteiger partial charge is 0.241 e. The molecule has 1 aliphatic heterocycles. The van der Waals surface area contributed by atoms with Crippen molar-refractivity contribution in [2.24, 2.45) is 5.73 Å². The molecular formula is C16H25N3O4S. The van der Waals surface area contributed by atoms with Crippen LogP contribution >= 0.6 is 0 Å². The summed E-state index contributed by atoms with van der Waals surface area (Å²) in [4.78, 5) is 12.2.